The highest BCUT2D eigenvalue weighted by molar-refractivity contribution is 7.98. The number of thioether (sulfide) groups is 1. The number of benzene rings is 2. The van der Waals surface area contributed by atoms with Crippen LogP contribution in [0, 0.1) is 0 Å². The first-order valence-electron chi connectivity index (χ1n) is 6.82. The van der Waals surface area contributed by atoms with Gasteiger partial charge in [0.1, 0.15) is 0 Å². The van der Waals surface area contributed by atoms with Crippen molar-refractivity contribution < 1.29 is 4.79 Å². The minimum absolute atomic E-state index is 0.105. The molecule has 0 saturated heterocycles. The number of nitrogens with one attached hydrogen (secondary N) is 2. The summed E-state index contributed by atoms with van der Waals surface area (Å²) < 4.78 is 0. The first-order valence-corrected chi connectivity index (χ1v) is 8.04. The van der Waals surface area contributed by atoms with Gasteiger partial charge in [0, 0.05) is 22.3 Å². The van der Waals surface area contributed by atoms with E-state index in [-0.39, 0.29) is 5.91 Å². The van der Waals surface area contributed by atoms with Gasteiger partial charge >= 0.3 is 0 Å². The van der Waals surface area contributed by atoms with E-state index >= 15 is 0 Å². The van der Waals surface area contributed by atoms with Crippen molar-refractivity contribution in [3.05, 3.63) is 66.4 Å². The van der Waals surface area contributed by atoms with E-state index in [0.717, 1.165) is 21.8 Å². The Morgan fingerprint density at radius 3 is 2.77 bits per heavy atom. The van der Waals surface area contributed by atoms with E-state index < -0.39 is 0 Å². The number of rotatable bonds is 4. The van der Waals surface area contributed by atoms with Gasteiger partial charge in [-0.05, 0) is 36.6 Å². The highest BCUT2D eigenvalue weighted by Gasteiger charge is 2.11. The van der Waals surface area contributed by atoms with Crippen LogP contribution in [0.4, 0.5) is 5.69 Å². The number of carbonyl (C=O) groups excluding carboxylic acids is 1. The lowest BCUT2D eigenvalue weighted by molar-refractivity contribution is 0.102. The molecule has 0 fully saturated rings. The summed E-state index contributed by atoms with van der Waals surface area (Å²) in [4.78, 5) is 13.4. The Morgan fingerprint density at radius 2 is 2.00 bits per heavy atom. The molecule has 0 saturated carbocycles. The van der Waals surface area contributed by atoms with Crippen molar-refractivity contribution in [2.24, 2.45) is 0 Å². The maximum absolute atomic E-state index is 12.4. The second-order valence-corrected chi connectivity index (χ2v) is 5.55. The fraction of sp³-hybridized carbons (Fsp3) is 0.0588. The number of carbonyl (C=O) groups is 1. The Hall–Kier alpha value is -2.53. The number of aromatic amines is 1. The molecule has 4 nitrogen and oxygen atoms in total. The van der Waals surface area contributed by atoms with Crippen LogP contribution in [0.3, 0.4) is 0 Å². The molecule has 0 bridgehead atoms. The normalized spacial score (nSPS) is 10.4. The maximum atomic E-state index is 12.4. The topological polar surface area (TPSA) is 57.8 Å². The van der Waals surface area contributed by atoms with Gasteiger partial charge < -0.3 is 5.32 Å². The van der Waals surface area contributed by atoms with Gasteiger partial charge in [0.25, 0.3) is 5.91 Å². The van der Waals surface area contributed by atoms with Crippen molar-refractivity contribution in [2.45, 2.75) is 4.90 Å². The summed E-state index contributed by atoms with van der Waals surface area (Å²) in [5.74, 6) is -0.105. The van der Waals surface area contributed by atoms with E-state index in [0.29, 0.717) is 5.56 Å². The molecule has 5 heteroatoms. The number of hydrogen-bond acceptors (Lipinski definition) is 3. The van der Waals surface area contributed by atoms with Crippen LogP contribution in [0.25, 0.3) is 11.3 Å². The zero-order valence-electron chi connectivity index (χ0n) is 12.0. The summed E-state index contributed by atoms with van der Waals surface area (Å²) in [6.45, 7) is 0. The largest absolute Gasteiger partial charge is 0.322 e. The lowest BCUT2D eigenvalue weighted by Gasteiger charge is -2.09. The minimum atomic E-state index is -0.105. The average Bonchev–Trinajstić information content (AvgIpc) is 3.09. The molecule has 0 unspecified atom stereocenters. The molecule has 0 radical (unpaired) electrons. The lowest BCUT2D eigenvalue weighted by Crippen LogP contribution is -2.12. The van der Waals surface area contributed by atoms with Gasteiger partial charge in [-0.2, -0.15) is 5.10 Å². The number of aromatic nitrogens is 2. The maximum Gasteiger partial charge on any atom is 0.256 e. The van der Waals surface area contributed by atoms with Gasteiger partial charge in [-0.3, -0.25) is 9.89 Å². The molecule has 2 aromatic carbocycles. The van der Waals surface area contributed by atoms with Crippen LogP contribution in [0.1, 0.15) is 10.4 Å². The number of amides is 1. The highest BCUT2D eigenvalue weighted by Crippen LogP contribution is 2.23. The number of nitrogens with zero attached hydrogens (tertiary/aromatic N) is 1. The average molecular weight is 309 g/mol. The third-order valence-corrected chi connectivity index (χ3v) is 4.08. The number of anilines is 1. The van der Waals surface area contributed by atoms with Gasteiger partial charge in [0.2, 0.25) is 0 Å². The van der Waals surface area contributed by atoms with Gasteiger partial charge in [0.15, 0.2) is 0 Å². The Kier molecular flexibility index (Phi) is 4.25. The van der Waals surface area contributed by atoms with E-state index in [4.69, 9.17) is 0 Å². The Labute approximate surface area is 133 Å². The van der Waals surface area contributed by atoms with Gasteiger partial charge in [-0.25, -0.2) is 0 Å². The van der Waals surface area contributed by atoms with Crippen molar-refractivity contribution >= 4 is 23.4 Å². The summed E-state index contributed by atoms with van der Waals surface area (Å²) in [5, 5.41) is 9.81. The Morgan fingerprint density at radius 1 is 1.14 bits per heavy atom. The summed E-state index contributed by atoms with van der Waals surface area (Å²) in [6.07, 6.45) is 3.67. The summed E-state index contributed by atoms with van der Waals surface area (Å²) in [6, 6.07) is 17.2. The van der Waals surface area contributed by atoms with E-state index in [9.17, 15) is 4.79 Å². The summed E-state index contributed by atoms with van der Waals surface area (Å²) in [5.41, 5.74) is 3.34. The van der Waals surface area contributed by atoms with Crippen LogP contribution in [0.5, 0.6) is 0 Å². The zero-order valence-corrected chi connectivity index (χ0v) is 12.9. The molecule has 0 aliphatic carbocycles. The Balaban J connectivity index is 1.84. The van der Waals surface area contributed by atoms with Crippen LogP contribution in [-0.4, -0.2) is 22.4 Å². The predicted octanol–water partition coefficient (Wildman–Crippen LogP) is 4.05. The Bertz CT molecular complexity index is 784. The van der Waals surface area contributed by atoms with Crippen molar-refractivity contribution in [1.82, 2.24) is 10.2 Å². The predicted molar refractivity (Wildman–Crippen MR) is 90.2 cm³/mol. The third kappa shape index (κ3) is 3.04. The quantitative estimate of drug-likeness (QED) is 0.715. The molecule has 3 aromatic rings. The first kappa shape index (κ1) is 14.4. The SMILES string of the molecule is CSc1ccccc1C(=O)Nc1cccc(-c2ccn[nH]2)c1. The van der Waals surface area contributed by atoms with Crippen LogP contribution in [-0.2, 0) is 0 Å². The van der Waals surface area contributed by atoms with Gasteiger partial charge in [0.05, 0.1) is 11.3 Å². The first-order chi connectivity index (χ1) is 10.8. The van der Waals surface area contributed by atoms with Crippen LogP contribution >= 0.6 is 11.8 Å². The second-order valence-electron chi connectivity index (χ2n) is 4.71. The molecule has 3 rings (SSSR count). The van der Waals surface area contributed by atoms with Crippen molar-refractivity contribution in [3.63, 3.8) is 0 Å². The molecule has 1 amide bonds. The number of hydrogen-bond donors (Lipinski definition) is 2. The van der Waals surface area contributed by atoms with Crippen molar-refractivity contribution in [2.75, 3.05) is 11.6 Å². The smallest absolute Gasteiger partial charge is 0.256 e. The highest BCUT2D eigenvalue weighted by atomic mass is 32.2. The summed E-state index contributed by atoms with van der Waals surface area (Å²) in [7, 11) is 0. The van der Waals surface area contributed by atoms with Gasteiger partial charge in [-0.1, -0.05) is 24.3 Å². The molecular weight excluding hydrogens is 294 g/mol. The van der Waals surface area contributed by atoms with Crippen LogP contribution in [0.2, 0.25) is 0 Å². The zero-order chi connectivity index (χ0) is 15.4. The molecular formula is C17H15N3OS. The molecule has 0 atom stereocenters. The minimum Gasteiger partial charge on any atom is -0.322 e. The fourth-order valence-corrected chi connectivity index (χ4v) is 2.81. The second kappa shape index (κ2) is 6.49. The molecule has 1 heterocycles. The molecule has 1 aromatic heterocycles. The molecule has 22 heavy (non-hydrogen) atoms. The van der Waals surface area contributed by atoms with Gasteiger partial charge in [-0.15, -0.1) is 11.8 Å². The monoisotopic (exact) mass is 309 g/mol. The molecule has 0 spiro atoms. The standard InChI is InChI=1S/C17H15N3OS/c1-22-16-8-3-2-7-14(16)17(21)19-13-6-4-5-12(11-13)15-9-10-18-20-15/h2-11H,1H3,(H,18,20)(H,19,21). The van der Waals surface area contributed by atoms with Crippen LogP contribution < -0.4 is 5.32 Å². The molecule has 0 aliphatic rings. The lowest BCUT2D eigenvalue weighted by atomic mass is 10.1. The molecule has 0 aliphatic heterocycles. The van der Waals surface area contributed by atoms with Crippen LogP contribution in [0.15, 0.2) is 65.7 Å². The fourth-order valence-electron chi connectivity index (χ4n) is 2.21. The van der Waals surface area contributed by atoms with E-state index in [1.54, 1.807) is 18.0 Å². The molecule has 2 N–H and O–H groups in total. The van der Waals surface area contributed by atoms with E-state index in [1.807, 2.05) is 60.9 Å². The third-order valence-electron chi connectivity index (χ3n) is 3.28. The molecule has 110 valence electrons. The van der Waals surface area contributed by atoms with E-state index in [1.165, 1.54) is 0 Å². The van der Waals surface area contributed by atoms with Crippen molar-refractivity contribution in [3.8, 4) is 11.3 Å². The van der Waals surface area contributed by atoms with Crippen molar-refractivity contribution in [1.29, 1.82) is 0 Å². The number of H-pyrrole nitrogens is 1. The van der Waals surface area contributed by atoms with E-state index in [2.05, 4.69) is 15.5 Å². The summed E-state index contributed by atoms with van der Waals surface area (Å²) >= 11 is 1.56.